The second kappa shape index (κ2) is 7.29. The lowest BCUT2D eigenvalue weighted by molar-refractivity contribution is -0.139. The zero-order chi connectivity index (χ0) is 18.6. The Morgan fingerprint density at radius 3 is 2.52 bits per heavy atom. The summed E-state index contributed by atoms with van der Waals surface area (Å²) in [5.74, 6) is 0.137. The summed E-state index contributed by atoms with van der Waals surface area (Å²) >= 11 is 0. The van der Waals surface area contributed by atoms with Gasteiger partial charge in [0.1, 0.15) is 23.6 Å². The van der Waals surface area contributed by atoms with Gasteiger partial charge >= 0.3 is 6.18 Å². The molecule has 0 fully saturated rings. The normalized spacial score (nSPS) is 11.1. The minimum absolute atomic E-state index is 0.299. The fourth-order valence-electron chi connectivity index (χ4n) is 2.12. The number of halogens is 3. The van der Waals surface area contributed by atoms with Crippen molar-refractivity contribution in [2.24, 2.45) is 0 Å². The van der Waals surface area contributed by atoms with E-state index in [4.69, 9.17) is 9.47 Å². The molecule has 2 rings (SSSR count). The lowest BCUT2D eigenvalue weighted by Gasteiger charge is -2.13. The van der Waals surface area contributed by atoms with Crippen LogP contribution in [0.3, 0.4) is 0 Å². The fraction of sp³-hybridized carbons (Fsp3) is 0.250. The molecule has 1 aromatic carbocycles. The monoisotopic (exact) mass is 356 g/mol. The molecule has 6 nitrogen and oxygen atoms in total. The maximum Gasteiger partial charge on any atom is 0.421 e. The molecule has 0 aliphatic heterocycles. The summed E-state index contributed by atoms with van der Waals surface area (Å²) in [6, 6.07) is 6.36. The third-order valence-corrected chi connectivity index (χ3v) is 3.32. The van der Waals surface area contributed by atoms with Gasteiger partial charge in [-0.2, -0.15) is 13.2 Å². The van der Waals surface area contributed by atoms with Gasteiger partial charge in [-0.1, -0.05) is 0 Å². The molecule has 0 aliphatic carbocycles. The van der Waals surface area contributed by atoms with Crippen LogP contribution in [0.4, 0.5) is 18.9 Å². The number of methoxy groups -OCH3 is 2. The molecule has 134 valence electrons. The van der Waals surface area contributed by atoms with Crippen LogP contribution >= 0.6 is 0 Å². The molecular formula is C16H15F3N2O4. The first kappa shape index (κ1) is 18.4. The van der Waals surface area contributed by atoms with Crippen molar-refractivity contribution < 1.29 is 27.4 Å². The molecular weight excluding hydrogens is 341 g/mol. The second-order valence-electron chi connectivity index (χ2n) is 4.97. The zero-order valence-electron chi connectivity index (χ0n) is 13.4. The molecule has 0 saturated carbocycles. The van der Waals surface area contributed by atoms with E-state index in [0.29, 0.717) is 27.8 Å². The maximum atomic E-state index is 12.7. The Morgan fingerprint density at radius 2 is 1.92 bits per heavy atom. The molecule has 0 aliphatic rings. The van der Waals surface area contributed by atoms with E-state index in [1.165, 1.54) is 26.4 Å². The Labute approximate surface area is 140 Å². The van der Waals surface area contributed by atoms with Crippen molar-refractivity contribution in [1.29, 1.82) is 0 Å². The predicted molar refractivity (Wildman–Crippen MR) is 83.9 cm³/mol. The Balaban J connectivity index is 2.21. The predicted octanol–water partition coefficient (Wildman–Crippen LogP) is 2.52. The summed E-state index contributed by atoms with van der Waals surface area (Å²) in [6.45, 7) is -0.571. The van der Waals surface area contributed by atoms with Crippen LogP contribution in [0.15, 0.2) is 41.3 Å². The number of aromatic nitrogens is 1. The van der Waals surface area contributed by atoms with Gasteiger partial charge in [0.15, 0.2) is 0 Å². The molecule has 1 amide bonds. The van der Waals surface area contributed by atoms with Gasteiger partial charge in [-0.3, -0.25) is 9.59 Å². The van der Waals surface area contributed by atoms with Crippen molar-refractivity contribution in [2.75, 3.05) is 19.5 Å². The number of carbonyl (C=O) groups is 1. The Hall–Kier alpha value is -2.97. The average Bonchev–Trinajstić information content (AvgIpc) is 2.56. The highest BCUT2D eigenvalue weighted by Crippen LogP contribution is 2.29. The highest BCUT2D eigenvalue weighted by atomic mass is 19.4. The number of alkyl halides is 3. The topological polar surface area (TPSA) is 69.6 Å². The third kappa shape index (κ3) is 4.31. The number of nitrogens with one attached hydrogen (secondary N) is 1. The van der Waals surface area contributed by atoms with Crippen molar-refractivity contribution >= 4 is 11.6 Å². The van der Waals surface area contributed by atoms with Gasteiger partial charge in [0, 0.05) is 12.3 Å². The van der Waals surface area contributed by atoms with Crippen molar-refractivity contribution in [3.8, 4) is 11.5 Å². The van der Waals surface area contributed by atoms with Crippen LogP contribution in [0.5, 0.6) is 11.5 Å². The summed E-state index contributed by atoms with van der Waals surface area (Å²) in [5.41, 5.74) is -2.31. The molecule has 0 radical (unpaired) electrons. The van der Waals surface area contributed by atoms with E-state index in [-0.39, 0.29) is 0 Å². The van der Waals surface area contributed by atoms with Crippen LogP contribution in [0.1, 0.15) is 5.56 Å². The lowest BCUT2D eigenvalue weighted by atomic mass is 10.2. The van der Waals surface area contributed by atoms with Crippen LogP contribution in [0.2, 0.25) is 0 Å². The maximum absolute atomic E-state index is 12.7. The van der Waals surface area contributed by atoms with E-state index in [0.717, 1.165) is 12.3 Å². The summed E-state index contributed by atoms with van der Waals surface area (Å²) in [4.78, 5) is 23.9. The number of benzene rings is 1. The van der Waals surface area contributed by atoms with Crippen molar-refractivity contribution in [1.82, 2.24) is 4.57 Å². The Kier molecular flexibility index (Phi) is 5.35. The second-order valence-corrected chi connectivity index (χ2v) is 4.97. The van der Waals surface area contributed by atoms with Crippen LogP contribution < -0.4 is 20.3 Å². The van der Waals surface area contributed by atoms with Gasteiger partial charge in [-0.15, -0.1) is 0 Å². The number of pyridine rings is 1. The first-order chi connectivity index (χ1) is 11.8. The zero-order valence-corrected chi connectivity index (χ0v) is 13.4. The standard InChI is InChI=1S/C16H15F3N2O4/c1-24-10-5-6-12(13(8-10)25-2)20-14(22)9-21-7-3-4-11(15(21)23)16(17,18)19/h3-8H,9H2,1-2H3,(H,20,22). The smallest absolute Gasteiger partial charge is 0.421 e. The lowest BCUT2D eigenvalue weighted by Crippen LogP contribution is -2.32. The molecule has 1 N–H and O–H groups in total. The van der Waals surface area contributed by atoms with Crippen LogP contribution in [-0.4, -0.2) is 24.7 Å². The van der Waals surface area contributed by atoms with Crippen LogP contribution in [-0.2, 0) is 17.5 Å². The number of ether oxygens (including phenoxy) is 2. The molecule has 0 unspecified atom stereocenters. The largest absolute Gasteiger partial charge is 0.497 e. The number of carbonyl (C=O) groups excluding carboxylic acids is 1. The van der Waals surface area contributed by atoms with E-state index < -0.39 is 29.8 Å². The molecule has 2 aromatic rings. The van der Waals surface area contributed by atoms with Gasteiger partial charge in [0.05, 0.1) is 19.9 Å². The number of hydrogen-bond donors (Lipinski definition) is 1. The highest BCUT2D eigenvalue weighted by Gasteiger charge is 2.34. The number of rotatable bonds is 5. The molecule has 0 atom stereocenters. The summed E-state index contributed by atoms with van der Waals surface area (Å²) in [6.07, 6.45) is -3.67. The van der Waals surface area contributed by atoms with Crippen LogP contribution in [0, 0.1) is 0 Å². The third-order valence-electron chi connectivity index (χ3n) is 3.32. The number of nitrogens with zero attached hydrogens (tertiary/aromatic N) is 1. The van der Waals surface area contributed by atoms with Gasteiger partial charge in [0.25, 0.3) is 5.56 Å². The molecule has 0 spiro atoms. The SMILES string of the molecule is COc1ccc(NC(=O)Cn2cccc(C(F)(F)F)c2=O)c(OC)c1. The number of hydrogen-bond acceptors (Lipinski definition) is 4. The summed E-state index contributed by atoms with van der Waals surface area (Å²) < 4.78 is 49.1. The van der Waals surface area contributed by atoms with Crippen molar-refractivity contribution in [2.45, 2.75) is 12.7 Å². The quantitative estimate of drug-likeness (QED) is 0.894. The molecule has 25 heavy (non-hydrogen) atoms. The molecule has 9 heteroatoms. The van der Waals surface area contributed by atoms with Gasteiger partial charge in [-0.25, -0.2) is 0 Å². The molecule has 0 saturated heterocycles. The first-order valence-corrected chi connectivity index (χ1v) is 7.04. The van der Waals surface area contributed by atoms with E-state index >= 15 is 0 Å². The Morgan fingerprint density at radius 1 is 1.20 bits per heavy atom. The number of anilines is 1. The van der Waals surface area contributed by atoms with E-state index in [1.54, 1.807) is 6.07 Å². The highest BCUT2D eigenvalue weighted by molar-refractivity contribution is 5.92. The molecule has 0 bridgehead atoms. The van der Waals surface area contributed by atoms with Gasteiger partial charge < -0.3 is 19.4 Å². The van der Waals surface area contributed by atoms with Gasteiger partial charge in [-0.05, 0) is 24.3 Å². The van der Waals surface area contributed by atoms with Gasteiger partial charge in [0.2, 0.25) is 5.91 Å². The number of amides is 1. The summed E-state index contributed by atoms with van der Waals surface area (Å²) in [7, 11) is 2.86. The van der Waals surface area contributed by atoms with Crippen LogP contribution in [0.25, 0.3) is 0 Å². The van der Waals surface area contributed by atoms with Crippen molar-refractivity contribution in [3.63, 3.8) is 0 Å². The van der Waals surface area contributed by atoms with E-state index in [2.05, 4.69) is 5.32 Å². The minimum atomic E-state index is -4.78. The van der Waals surface area contributed by atoms with E-state index in [1.807, 2.05) is 0 Å². The Bertz CT molecular complexity index is 831. The van der Waals surface area contributed by atoms with E-state index in [9.17, 15) is 22.8 Å². The minimum Gasteiger partial charge on any atom is -0.497 e. The fourth-order valence-corrected chi connectivity index (χ4v) is 2.12. The molecule has 1 aromatic heterocycles. The molecule has 1 heterocycles. The first-order valence-electron chi connectivity index (χ1n) is 7.04. The van der Waals surface area contributed by atoms with Crippen molar-refractivity contribution in [3.05, 3.63) is 52.4 Å². The average molecular weight is 356 g/mol. The summed E-state index contributed by atoms with van der Waals surface area (Å²) in [5, 5.41) is 2.49.